The molecule has 0 aromatic rings. The third-order valence-electron chi connectivity index (χ3n) is 5.53. The third kappa shape index (κ3) is 5.62. The highest BCUT2D eigenvalue weighted by Gasteiger charge is 2.44. The van der Waals surface area contributed by atoms with Crippen LogP contribution in [0.4, 0.5) is 0 Å². The maximum atomic E-state index is 6.02. The minimum Gasteiger partial charge on any atom is -0.373 e. The van der Waals surface area contributed by atoms with Gasteiger partial charge in [0, 0.05) is 46.0 Å². The smallest absolute Gasteiger partial charge is 0.373 e. The molecule has 0 aliphatic carbocycles. The molecular weight excluding hydrogens is 336 g/mol. The molecule has 1 saturated heterocycles. The van der Waals surface area contributed by atoms with Crippen molar-refractivity contribution in [3.8, 4) is 0 Å². The van der Waals surface area contributed by atoms with Gasteiger partial charge in [0.1, 0.15) is 8.24 Å². The molecule has 0 saturated carbocycles. The fourth-order valence-corrected chi connectivity index (χ4v) is 10.7. The first-order chi connectivity index (χ1) is 11.5. The monoisotopic (exact) mass is 376 g/mol. The fourth-order valence-electron chi connectivity index (χ4n) is 4.00. The Kier molecular flexibility index (Phi) is 10.3. The lowest BCUT2D eigenvalue weighted by molar-refractivity contribution is 0.0517. The van der Waals surface area contributed by atoms with Crippen LogP contribution in [-0.4, -0.2) is 78.7 Å². The first-order valence-electron chi connectivity index (χ1n) is 9.94. The lowest BCUT2D eigenvalue weighted by Gasteiger charge is -2.46. The van der Waals surface area contributed by atoms with Crippen molar-refractivity contribution >= 4 is 17.0 Å². The average Bonchev–Trinajstić information content (AvgIpc) is 2.59. The number of nitrogens with zero attached hydrogens (tertiary/aromatic N) is 2. The molecule has 0 spiro atoms. The molecule has 24 heavy (non-hydrogen) atoms. The molecule has 1 fully saturated rings. The van der Waals surface area contributed by atoms with Gasteiger partial charge in [0.25, 0.3) is 0 Å². The predicted molar refractivity (Wildman–Crippen MR) is 106 cm³/mol. The van der Waals surface area contributed by atoms with E-state index in [0.29, 0.717) is 19.8 Å². The largest absolute Gasteiger partial charge is 0.515 e. The van der Waals surface area contributed by atoms with Crippen LogP contribution in [-0.2, 0) is 13.3 Å². The van der Waals surface area contributed by atoms with Gasteiger partial charge in [-0.05, 0) is 38.9 Å². The zero-order valence-electron chi connectivity index (χ0n) is 16.9. The molecule has 1 rings (SSSR count). The Hall–Kier alpha value is 0.234. The van der Waals surface area contributed by atoms with Gasteiger partial charge in [0.2, 0.25) is 0 Å². The highest BCUT2D eigenvalue weighted by atomic mass is 28.4. The molecule has 7 heteroatoms. The summed E-state index contributed by atoms with van der Waals surface area (Å²) in [6.45, 7) is 19.8. The first kappa shape index (κ1) is 22.3. The zero-order chi connectivity index (χ0) is 18.1. The van der Waals surface area contributed by atoms with Gasteiger partial charge >= 0.3 is 8.80 Å². The van der Waals surface area contributed by atoms with Crippen molar-refractivity contribution in [3.05, 3.63) is 0 Å². The van der Waals surface area contributed by atoms with Crippen LogP contribution in [0.1, 0.15) is 41.5 Å². The summed E-state index contributed by atoms with van der Waals surface area (Å²) >= 11 is 0. The first-order valence-corrected chi connectivity index (χ1v) is 14.4. The SMILES string of the molecule is CCO[Si](CN1CCN([Si](CC)(CC)CC)CC1)(OCC)OCC. The summed E-state index contributed by atoms with van der Waals surface area (Å²) < 4.78 is 20.9. The maximum absolute atomic E-state index is 6.02. The molecule has 0 aromatic heterocycles. The molecule has 0 bridgehead atoms. The number of hydrogen-bond acceptors (Lipinski definition) is 5. The summed E-state index contributed by atoms with van der Waals surface area (Å²) in [4.78, 5) is 2.50. The van der Waals surface area contributed by atoms with E-state index in [1.807, 2.05) is 20.8 Å². The lowest BCUT2D eigenvalue weighted by Crippen LogP contribution is -2.63. The molecule has 1 aliphatic heterocycles. The van der Waals surface area contributed by atoms with Crippen LogP contribution in [0.5, 0.6) is 0 Å². The highest BCUT2D eigenvalue weighted by Crippen LogP contribution is 2.26. The van der Waals surface area contributed by atoms with Crippen molar-refractivity contribution in [1.29, 1.82) is 0 Å². The quantitative estimate of drug-likeness (QED) is 0.489. The van der Waals surface area contributed by atoms with E-state index >= 15 is 0 Å². The van der Waals surface area contributed by atoms with Crippen LogP contribution < -0.4 is 0 Å². The molecule has 0 N–H and O–H groups in total. The Balaban J connectivity index is 2.68. The minimum atomic E-state index is -2.56. The molecule has 1 heterocycles. The topological polar surface area (TPSA) is 34.2 Å². The van der Waals surface area contributed by atoms with Gasteiger partial charge in [-0.25, -0.2) is 0 Å². The highest BCUT2D eigenvalue weighted by molar-refractivity contribution is 6.77. The van der Waals surface area contributed by atoms with Crippen LogP contribution in [0, 0.1) is 0 Å². The van der Waals surface area contributed by atoms with E-state index in [-0.39, 0.29) is 0 Å². The van der Waals surface area contributed by atoms with Gasteiger partial charge in [0.15, 0.2) is 0 Å². The van der Waals surface area contributed by atoms with E-state index in [1.165, 1.54) is 31.2 Å². The number of rotatable bonds is 12. The van der Waals surface area contributed by atoms with E-state index in [4.69, 9.17) is 13.3 Å². The van der Waals surface area contributed by atoms with E-state index in [9.17, 15) is 0 Å². The molecule has 1 aliphatic rings. The summed E-state index contributed by atoms with van der Waals surface area (Å²) in [5.41, 5.74) is 0. The molecular formula is C17H40N2O3Si2. The Morgan fingerprint density at radius 2 is 1.08 bits per heavy atom. The standard InChI is InChI=1S/C17H40N2O3Si2/c1-7-20-24(21-8-2,22-9-3)17-18-13-15-19(16-14-18)23(10-4,11-5)12-6/h7-17H2,1-6H3. The second-order valence-corrected chi connectivity index (χ2v) is 14.3. The van der Waals surface area contributed by atoms with Crippen molar-refractivity contribution in [2.75, 3.05) is 52.2 Å². The Morgan fingerprint density at radius 1 is 0.667 bits per heavy atom. The minimum absolute atomic E-state index is 0.656. The molecule has 0 atom stereocenters. The van der Waals surface area contributed by atoms with Crippen LogP contribution in [0.2, 0.25) is 18.1 Å². The Morgan fingerprint density at radius 3 is 1.42 bits per heavy atom. The summed E-state index contributed by atoms with van der Waals surface area (Å²) in [5.74, 6) is 0. The van der Waals surface area contributed by atoms with Crippen LogP contribution in [0.15, 0.2) is 0 Å². The molecule has 144 valence electrons. The van der Waals surface area contributed by atoms with Gasteiger partial charge in [-0.3, -0.25) is 4.90 Å². The number of piperazine rings is 1. The zero-order valence-corrected chi connectivity index (χ0v) is 18.9. The van der Waals surface area contributed by atoms with Crippen LogP contribution >= 0.6 is 0 Å². The van der Waals surface area contributed by atoms with Gasteiger partial charge < -0.3 is 17.8 Å². The van der Waals surface area contributed by atoms with Crippen LogP contribution in [0.3, 0.4) is 0 Å². The van der Waals surface area contributed by atoms with E-state index in [0.717, 1.165) is 19.3 Å². The van der Waals surface area contributed by atoms with Crippen molar-refractivity contribution in [3.63, 3.8) is 0 Å². The van der Waals surface area contributed by atoms with Crippen LogP contribution in [0.25, 0.3) is 0 Å². The Labute approximate surface area is 152 Å². The summed E-state index contributed by atoms with van der Waals surface area (Å²) in [7, 11) is -3.78. The lowest BCUT2D eigenvalue weighted by atomic mass is 10.4. The van der Waals surface area contributed by atoms with Crippen molar-refractivity contribution in [2.24, 2.45) is 0 Å². The van der Waals surface area contributed by atoms with Gasteiger partial charge in [-0.15, -0.1) is 0 Å². The number of hydrogen-bond donors (Lipinski definition) is 0. The normalized spacial score (nSPS) is 18.2. The van der Waals surface area contributed by atoms with Crippen molar-refractivity contribution in [1.82, 2.24) is 9.47 Å². The third-order valence-corrected chi connectivity index (χ3v) is 14.3. The second kappa shape index (κ2) is 11.1. The molecule has 5 nitrogen and oxygen atoms in total. The molecule has 0 unspecified atom stereocenters. The second-order valence-electron chi connectivity index (χ2n) is 6.53. The molecule has 0 aromatic carbocycles. The van der Waals surface area contributed by atoms with Crippen molar-refractivity contribution < 1.29 is 13.3 Å². The van der Waals surface area contributed by atoms with E-state index < -0.39 is 17.0 Å². The van der Waals surface area contributed by atoms with E-state index in [2.05, 4.69) is 30.2 Å². The van der Waals surface area contributed by atoms with E-state index in [1.54, 1.807) is 0 Å². The Bertz CT molecular complexity index is 311. The van der Waals surface area contributed by atoms with Gasteiger partial charge in [-0.2, -0.15) is 0 Å². The van der Waals surface area contributed by atoms with Gasteiger partial charge in [0.05, 0.1) is 6.17 Å². The molecule has 0 radical (unpaired) electrons. The molecule has 0 amide bonds. The summed E-state index contributed by atoms with van der Waals surface area (Å²) in [5, 5.41) is 0. The predicted octanol–water partition coefficient (Wildman–Crippen LogP) is 3.20. The fraction of sp³-hybridized carbons (Fsp3) is 1.00. The average molecular weight is 377 g/mol. The van der Waals surface area contributed by atoms with Gasteiger partial charge in [-0.1, -0.05) is 20.8 Å². The van der Waals surface area contributed by atoms with Crippen molar-refractivity contribution in [2.45, 2.75) is 59.7 Å². The maximum Gasteiger partial charge on any atom is 0.515 e. The summed E-state index contributed by atoms with van der Waals surface area (Å²) in [6.07, 6.45) is 0.829. The summed E-state index contributed by atoms with van der Waals surface area (Å²) in [6, 6.07) is 4.11.